The Morgan fingerprint density at radius 1 is 1.14 bits per heavy atom. The van der Waals surface area contributed by atoms with Crippen molar-refractivity contribution in [2.45, 2.75) is 25.2 Å². The SMILES string of the molecule is N#CCCN(C(=O)CN1CCC(c2nc3ccccc3s2)CC1)c1ccccc1. The molecular weight excluding hydrogens is 380 g/mol. The number of amides is 1. The van der Waals surface area contributed by atoms with Crippen LogP contribution in [0.25, 0.3) is 10.2 Å². The van der Waals surface area contributed by atoms with E-state index < -0.39 is 0 Å². The molecule has 0 aliphatic carbocycles. The third-order valence-electron chi connectivity index (χ3n) is 5.42. The molecule has 0 spiro atoms. The van der Waals surface area contributed by atoms with E-state index in [1.165, 1.54) is 9.71 Å². The molecule has 0 atom stereocenters. The minimum atomic E-state index is 0.0601. The summed E-state index contributed by atoms with van der Waals surface area (Å²) in [5.74, 6) is 0.535. The highest BCUT2D eigenvalue weighted by atomic mass is 32.1. The molecule has 1 aromatic heterocycles. The number of piperidine rings is 1. The number of thiazole rings is 1. The summed E-state index contributed by atoms with van der Waals surface area (Å²) in [4.78, 5) is 21.7. The number of nitrogens with zero attached hydrogens (tertiary/aromatic N) is 4. The molecule has 6 heteroatoms. The van der Waals surface area contributed by atoms with Crippen LogP contribution in [0.2, 0.25) is 0 Å². The highest BCUT2D eigenvalue weighted by Gasteiger charge is 2.26. The molecule has 0 radical (unpaired) electrons. The summed E-state index contributed by atoms with van der Waals surface area (Å²) in [7, 11) is 0. The standard InChI is InChI=1S/C23H24N4OS/c24-13-6-14-27(19-7-2-1-3-8-19)22(28)17-26-15-11-18(12-16-26)23-25-20-9-4-5-10-21(20)29-23/h1-5,7-10,18H,6,11-12,14-17H2. The second kappa shape index (κ2) is 9.17. The summed E-state index contributed by atoms with van der Waals surface area (Å²) in [6.45, 7) is 2.62. The fourth-order valence-corrected chi connectivity index (χ4v) is 4.98. The summed E-state index contributed by atoms with van der Waals surface area (Å²) in [5, 5.41) is 10.2. The zero-order valence-electron chi connectivity index (χ0n) is 16.3. The average Bonchev–Trinajstić information content (AvgIpc) is 3.19. The summed E-state index contributed by atoms with van der Waals surface area (Å²) < 4.78 is 1.25. The van der Waals surface area contributed by atoms with E-state index in [1.807, 2.05) is 36.4 Å². The molecular formula is C23H24N4OS. The van der Waals surface area contributed by atoms with Gasteiger partial charge in [0, 0.05) is 18.2 Å². The second-order valence-corrected chi connectivity index (χ2v) is 8.42. The van der Waals surface area contributed by atoms with E-state index in [0.717, 1.165) is 37.1 Å². The lowest BCUT2D eigenvalue weighted by atomic mass is 9.97. The lowest BCUT2D eigenvalue weighted by molar-refractivity contribution is -0.120. The van der Waals surface area contributed by atoms with Gasteiger partial charge in [0.1, 0.15) is 0 Å². The number of benzene rings is 2. The van der Waals surface area contributed by atoms with Gasteiger partial charge in [-0.1, -0.05) is 30.3 Å². The van der Waals surface area contributed by atoms with Gasteiger partial charge in [0.15, 0.2) is 0 Å². The topological polar surface area (TPSA) is 60.2 Å². The van der Waals surface area contributed by atoms with Crippen LogP contribution in [-0.4, -0.2) is 42.0 Å². The van der Waals surface area contributed by atoms with Crippen LogP contribution in [-0.2, 0) is 4.79 Å². The first-order valence-corrected chi connectivity index (χ1v) is 10.9. The number of hydrogen-bond acceptors (Lipinski definition) is 5. The Balaban J connectivity index is 1.36. The van der Waals surface area contributed by atoms with E-state index in [0.29, 0.717) is 25.4 Å². The zero-order chi connectivity index (χ0) is 20.1. The highest BCUT2D eigenvalue weighted by Crippen LogP contribution is 2.33. The van der Waals surface area contributed by atoms with Gasteiger partial charge in [0.05, 0.1) is 34.3 Å². The van der Waals surface area contributed by atoms with Crippen LogP contribution in [0.1, 0.15) is 30.2 Å². The molecule has 0 unspecified atom stereocenters. The Morgan fingerprint density at radius 3 is 2.59 bits per heavy atom. The van der Waals surface area contributed by atoms with Crippen molar-refractivity contribution in [2.24, 2.45) is 0 Å². The summed E-state index contributed by atoms with van der Waals surface area (Å²) in [5.41, 5.74) is 1.94. The lowest BCUT2D eigenvalue weighted by Crippen LogP contribution is -2.43. The van der Waals surface area contributed by atoms with Crippen molar-refractivity contribution < 1.29 is 4.79 Å². The lowest BCUT2D eigenvalue weighted by Gasteiger charge is -2.32. The van der Waals surface area contributed by atoms with Crippen molar-refractivity contribution >= 4 is 33.1 Å². The molecule has 0 N–H and O–H groups in total. The Kier molecular flexibility index (Phi) is 6.18. The quantitative estimate of drug-likeness (QED) is 0.610. The van der Waals surface area contributed by atoms with Crippen LogP contribution in [0, 0.1) is 11.3 Å². The first-order chi connectivity index (χ1) is 14.2. The van der Waals surface area contributed by atoms with Gasteiger partial charge in [-0.25, -0.2) is 4.98 Å². The monoisotopic (exact) mass is 404 g/mol. The predicted molar refractivity (Wildman–Crippen MR) is 117 cm³/mol. The number of carbonyl (C=O) groups is 1. The molecule has 4 rings (SSSR count). The van der Waals surface area contributed by atoms with Crippen molar-refractivity contribution in [2.75, 3.05) is 31.1 Å². The molecule has 2 aromatic carbocycles. The van der Waals surface area contributed by atoms with Crippen LogP contribution in [0.3, 0.4) is 0 Å². The van der Waals surface area contributed by atoms with E-state index in [4.69, 9.17) is 10.2 Å². The Bertz CT molecular complexity index is 969. The van der Waals surface area contributed by atoms with Gasteiger partial charge in [0.25, 0.3) is 0 Å². The van der Waals surface area contributed by atoms with Crippen LogP contribution >= 0.6 is 11.3 Å². The number of anilines is 1. The van der Waals surface area contributed by atoms with Gasteiger partial charge < -0.3 is 4.90 Å². The molecule has 1 aliphatic heterocycles. The van der Waals surface area contributed by atoms with Crippen molar-refractivity contribution in [3.63, 3.8) is 0 Å². The molecule has 0 saturated carbocycles. The van der Waals surface area contributed by atoms with Crippen molar-refractivity contribution in [1.29, 1.82) is 5.26 Å². The van der Waals surface area contributed by atoms with Crippen LogP contribution in [0.15, 0.2) is 54.6 Å². The largest absolute Gasteiger partial charge is 0.310 e. The number of rotatable bonds is 6. The minimum absolute atomic E-state index is 0.0601. The normalized spacial score (nSPS) is 15.3. The third-order valence-corrected chi connectivity index (χ3v) is 6.62. The van der Waals surface area contributed by atoms with Crippen LogP contribution in [0.4, 0.5) is 5.69 Å². The molecule has 1 saturated heterocycles. The van der Waals surface area contributed by atoms with Crippen molar-refractivity contribution in [1.82, 2.24) is 9.88 Å². The van der Waals surface area contributed by atoms with Gasteiger partial charge in [-0.15, -0.1) is 11.3 Å². The van der Waals surface area contributed by atoms with E-state index in [-0.39, 0.29) is 5.91 Å². The van der Waals surface area contributed by atoms with Gasteiger partial charge in [0.2, 0.25) is 5.91 Å². The summed E-state index contributed by atoms with van der Waals surface area (Å²) >= 11 is 1.79. The Morgan fingerprint density at radius 2 is 1.86 bits per heavy atom. The Labute approximate surface area is 175 Å². The number of para-hydroxylation sites is 2. The highest BCUT2D eigenvalue weighted by molar-refractivity contribution is 7.18. The molecule has 1 aliphatic rings. The van der Waals surface area contributed by atoms with E-state index in [1.54, 1.807) is 16.2 Å². The first-order valence-electron chi connectivity index (χ1n) is 10.0. The molecule has 0 bridgehead atoms. The molecule has 1 fully saturated rings. The maximum absolute atomic E-state index is 13.0. The molecule has 5 nitrogen and oxygen atoms in total. The Hall–Kier alpha value is -2.75. The number of nitriles is 1. The molecule has 3 aromatic rings. The predicted octanol–water partition coefficient (Wildman–Crippen LogP) is 4.42. The van der Waals surface area contributed by atoms with Gasteiger partial charge in [-0.2, -0.15) is 5.26 Å². The van der Waals surface area contributed by atoms with Crippen molar-refractivity contribution in [3.05, 3.63) is 59.6 Å². The van der Waals surface area contributed by atoms with Gasteiger partial charge >= 0.3 is 0 Å². The van der Waals surface area contributed by atoms with E-state index >= 15 is 0 Å². The summed E-state index contributed by atoms with van der Waals surface area (Å²) in [6, 6.07) is 20.1. The number of hydrogen-bond donors (Lipinski definition) is 0. The fourth-order valence-electron chi connectivity index (χ4n) is 3.85. The van der Waals surface area contributed by atoms with Gasteiger partial charge in [-0.3, -0.25) is 9.69 Å². The van der Waals surface area contributed by atoms with Crippen molar-refractivity contribution in [3.8, 4) is 6.07 Å². The van der Waals surface area contributed by atoms with E-state index in [9.17, 15) is 4.79 Å². The maximum Gasteiger partial charge on any atom is 0.241 e. The number of aromatic nitrogens is 1. The average molecular weight is 405 g/mol. The smallest absolute Gasteiger partial charge is 0.241 e. The number of carbonyl (C=O) groups excluding carboxylic acids is 1. The molecule has 1 amide bonds. The second-order valence-electron chi connectivity index (χ2n) is 7.36. The fraction of sp³-hybridized carbons (Fsp3) is 0.348. The van der Waals surface area contributed by atoms with Gasteiger partial charge in [-0.05, 0) is 50.2 Å². The van der Waals surface area contributed by atoms with E-state index in [2.05, 4.69) is 29.2 Å². The molecule has 148 valence electrons. The summed E-state index contributed by atoms with van der Waals surface area (Å²) in [6.07, 6.45) is 2.38. The molecule has 2 heterocycles. The third kappa shape index (κ3) is 4.64. The number of likely N-dealkylation sites (tertiary alicyclic amines) is 1. The minimum Gasteiger partial charge on any atom is -0.310 e. The first kappa shape index (κ1) is 19.6. The van der Waals surface area contributed by atoms with Crippen LogP contribution in [0.5, 0.6) is 0 Å². The molecule has 29 heavy (non-hydrogen) atoms. The zero-order valence-corrected chi connectivity index (χ0v) is 17.1. The maximum atomic E-state index is 13.0. The van der Waals surface area contributed by atoms with Crippen LogP contribution < -0.4 is 4.90 Å². The number of fused-ring (bicyclic) bond motifs is 1.